The number of sulfone groups is 1. The first-order valence-corrected chi connectivity index (χ1v) is 7.61. The van der Waals surface area contributed by atoms with Gasteiger partial charge >= 0.3 is 0 Å². The molecule has 0 saturated carbocycles. The molecule has 88 valence electrons. The van der Waals surface area contributed by atoms with Crippen molar-refractivity contribution < 1.29 is 8.42 Å². The van der Waals surface area contributed by atoms with Crippen LogP contribution in [0, 0.1) is 0 Å². The third kappa shape index (κ3) is 2.52. The highest BCUT2D eigenvalue weighted by Crippen LogP contribution is 2.21. The van der Waals surface area contributed by atoms with Crippen molar-refractivity contribution in [3.63, 3.8) is 0 Å². The van der Waals surface area contributed by atoms with Crippen LogP contribution in [-0.4, -0.2) is 56.5 Å². The quantitative estimate of drug-likeness (QED) is 0.736. The minimum Gasteiger partial charge on any atom is -0.314 e. The van der Waals surface area contributed by atoms with Crippen LogP contribution in [0.3, 0.4) is 0 Å². The van der Waals surface area contributed by atoms with Gasteiger partial charge < -0.3 is 5.32 Å². The van der Waals surface area contributed by atoms with E-state index in [2.05, 4.69) is 17.1 Å². The van der Waals surface area contributed by atoms with Gasteiger partial charge in [-0.05, 0) is 19.4 Å². The molecule has 0 atom stereocenters. The van der Waals surface area contributed by atoms with E-state index in [-0.39, 0.29) is 0 Å². The Balaban J connectivity index is 1.92. The molecule has 0 aromatic carbocycles. The second kappa shape index (κ2) is 4.39. The summed E-state index contributed by atoms with van der Waals surface area (Å²) in [7, 11) is -2.71. The number of nitrogens with zero attached hydrogens (tertiary/aromatic N) is 1. The largest absolute Gasteiger partial charge is 0.314 e. The molecule has 2 aliphatic heterocycles. The van der Waals surface area contributed by atoms with Gasteiger partial charge in [-0.2, -0.15) is 0 Å². The van der Waals surface area contributed by atoms with Crippen molar-refractivity contribution in [1.29, 1.82) is 0 Å². The Hall–Kier alpha value is -0.130. The lowest BCUT2D eigenvalue weighted by Crippen LogP contribution is -2.60. The van der Waals surface area contributed by atoms with Gasteiger partial charge in [0.2, 0.25) is 0 Å². The Kier molecular flexibility index (Phi) is 3.33. The zero-order valence-corrected chi connectivity index (χ0v) is 10.1. The highest BCUT2D eigenvalue weighted by atomic mass is 32.2. The molecule has 2 fully saturated rings. The molecule has 0 unspecified atom stereocenters. The number of nitrogens with one attached hydrogen (secondary N) is 1. The van der Waals surface area contributed by atoms with E-state index in [0.717, 1.165) is 32.5 Å². The maximum Gasteiger partial charge on any atom is 0.150 e. The molecular weight excluding hydrogens is 212 g/mol. The third-order valence-corrected chi connectivity index (χ3v) is 5.30. The van der Waals surface area contributed by atoms with Crippen LogP contribution >= 0.6 is 0 Å². The van der Waals surface area contributed by atoms with Gasteiger partial charge in [-0.15, -0.1) is 0 Å². The second-order valence-corrected chi connectivity index (χ2v) is 6.83. The Morgan fingerprint density at radius 3 is 2.20 bits per heavy atom. The Morgan fingerprint density at radius 1 is 1.20 bits per heavy atom. The maximum absolute atomic E-state index is 11.3. The molecule has 1 N–H and O–H groups in total. The molecule has 2 rings (SSSR count). The molecule has 0 aromatic rings. The topological polar surface area (TPSA) is 49.4 Å². The minimum absolute atomic E-state index is 0.383. The molecule has 0 radical (unpaired) electrons. The first-order chi connectivity index (χ1) is 7.12. The predicted molar refractivity (Wildman–Crippen MR) is 60.7 cm³/mol. The van der Waals surface area contributed by atoms with E-state index >= 15 is 0 Å². The van der Waals surface area contributed by atoms with Crippen molar-refractivity contribution >= 4 is 9.84 Å². The van der Waals surface area contributed by atoms with E-state index in [1.807, 2.05) is 0 Å². The smallest absolute Gasteiger partial charge is 0.150 e. The van der Waals surface area contributed by atoms with Crippen LogP contribution in [0.2, 0.25) is 0 Å². The van der Waals surface area contributed by atoms with Crippen molar-refractivity contribution in [3.8, 4) is 0 Å². The van der Waals surface area contributed by atoms with Crippen LogP contribution in [0.4, 0.5) is 0 Å². The second-order valence-electron chi connectivity index (χ2n) is 4.53. The van der Waals surface area contributed by atoms with Gasteiger partial charge in [0.1, 0.15) is 9.84 Å². The molecule has 0 aromatic heterocycles. The summed E-state index contributed by atoms with van der Waals surface area (Å²) in [5, 5.41) is 3.27. The molecule has 2 aliphatic rings. The lowest BCUT2D eigenvalue weighted by Gasteiger charge is -2.43. The highest BCUT2D eigenvalue weighted by molar-refractivity contribution is 7.91. The van der Waals surface area contributed by atoms with Gasteiger partial charge in [0.05, 0.1) is 11.5 Å². The van der Waals surface area contributed by atoms with E-state index in [1.54, 1.807) is 0 Å². The van der Waals surface area contributed by atoms with Crippen molar-refractivity contribution in [2.45, 2.75) is 31.8 Å². The lowest BCUT2D eigenvalue weighted by atomic mass is 10.0. The van der Waals surface area contributed by atoms with Gasteiger partial charge in [-0.3, -0.25) is 4.90 Å². The summed E-state index contributed by atoms with van der Waals surface area (Å²) in [6, 6.07) is 1.13. The molecule has 0 amide bonds. The average Bonchev–Trinajstić information content (AvgIpc) is 2.12. The summed E-state index contributed by atoms with van der Waals surface area (Å²) in [4.78, 5) is 2.48. The van der Waals surface area contributed by atoms with E-state index < -0.39 is 9.84 Å². The van der Waals surface area contributed by atoms with Gasteiger partial charge in [0.25, 0.3) is 0 Å². The third-order valence-electron chi connectivity index (χ3n) is 3.59. The van der Waals surface area contributed by atoms with Gasteiger partial charge in [0, 0.05) is 25.2 Å². The van der Waals surface area contributed by atoms with Crippen LogP contribution < -0.4 is 5.32 Å². The number of hydrogen-bond donors (Lipinski definition) is 1. The van der Waals surface area contributed by atoms with Gasteiger partial charge in [-0.1, -0.05) is 6.92 Å². The van der Waals surface area contributed by atoms with Crippen molar-refractivity contribution in [2.75, 3.05) is 31.1 Å². The Morgan fingerprint density at radius 2 is 1.80 bits per heavy atom. The normalized spacial score (nSPS) is 27.9. The first-order valence-electron chi connectivity index (χ1n) is 5.79. The van der Waals surface area contributed by atoms with Crippen LogP contribution in [0.5, 0.6) is 0 Å². The molecule has 4 nitrogen and oxygen atoms in total. The van der Waals surface area contributed by atoms with E-state index in [4.69, 9.17) is 0 Å². The summed E-state index contributed by atoms with van der Waals surface area (Å²) in [5.41, 5.74) is 0. The van der Waals surface area contributed by atoms with E-state index in [9.17, 15) is 8.42 Å². The Bertz CT molecular complexity index is 297. The summed E-state index contributed by atoms with van der Waals surface area (Å²) >= 11 is 0. The number of rotatable bonds is 3. The van der Waals surface area contributed by atoms with Gasteiger partial charge in [-0.25, -0.2) is 8.42 Å². The fourth-order valence-electron chi connectivity index (χ4n) is 2.53. The SMILES string of the molecule is CCN(C1CCS(=O)(=O)CC1)C1CNC1. The summed E-state index contributed by atoms with van der Waals surface area (Å²) in [5.74, 6) is 0.766. The first kappa shape index (κ1) is 11.4. The predicted octanol–water partition coefficient (Wildman–Crippen LogP) is -0.143. The maximum atomic E-state index is 11.3. The molecule has 0 spiro atoms. The zero-order valence-electron chi connectivity index (χ0n) is 9.28. The summed E-state index contributed by atoms with van der Waals surface area (Å²) in [6.07, 6.45) is 1.65. The van der Waals surface area contributed by atoms with E-state index in [0.29, 0.717) is 23.6 Å². The fourth-order valence-corrected chi connectivity index (χ4v) is 4.00. The highest BCUT2D eigenvalue weighted by Gasteiger charge is 2.33. The van der Waals surface area contributed by atoms with Crippen LogP contribution in [0.15, 0.2) is 0 Å². The van der Waals surface area contributed by atoms with Crippen LogP contribution in [0.25, 0.3) is 0 Å². The summed E-state index contributed by atoms with van der Waals surface area (Å²) < 4.78 is 22.7. The molecule has 2 heterocycles. The number of hydrogen-bond acceptors (Lipinski definition) is 4. The lowest BCUT2D eigenvalue weighted by molar-refractivity contribution is 0.0947. The van der Waals surface area contributed by atoms with Crippen LogP contribution in [-0.2, 0) is 9.84 Å². The van der Waals surface area contributed by atoms with Crippen molar-refractivity contribution in [1.82, 2.24) is 10.2 Å². The van der Waals surface area contributed by atoms with E-state index in [1.165, 1.54) is 0 Å². The monoisotopic (exact) mass is 232 g/mol. The van der Waals surface area contributed by atoms with Crippen molar-refractivity contribution in [2.24, 2.45) is 0 Å². The zero-order chi connectivity index (χ0) is 10.9. The number of likely N-dealkylation sites (N-methyl/N-ethyl adjacent to an activating group) is 1. The fraction of sp³-hybridized carbons (Fsp3) is 1.00. The molecular formula is C10H20N2O2S. The van der Waals surface area contributed by atoms with Gasteiger partial charge in [0.15, 0.2) is 0 Å². The summed E-state index contributed by atoms with van der Waals surface area (Å²) in [6.45, 7) is 5.34. The van der Waals surface area contributed by atoms with Crippen molar-refractivity contribution in [3.05, 3.63) is 0 Å². The molecule has 0 bridgehead atoms. The standard InChI is InChI=1S/C10H20N2O2S/c1-2-12(10-7-11-8-10)9-3-5-15(13,14)6-4-9/h9-11H,2-8H2,1H3. The average molecular weight is 232 g/mol. The van der Waals surface area contributed by atoms with Crippen LogP contribution in [0.1, 0.15) is 19.8 Å². The molecule has 0 aliphatic carbocycles. The molecule has 2 saturated heterocycles. The minimum atomic E-state index is -2.71. The molecule has 5 heteroatoms. The Labute approximate surface area is 91.9 Å². The molecule has 15 heavy (non-hydrogen) atoms.